The predicted octanol–water partition coefficient (Wildman–Crippen LogP) is 3.65. The summed E-state index contributed by atoms with van der Waals surface area (Å²) in [5.41, 5.74) is 2.79. The van der Waals surface area contributed by atoms with E-state index in [0.717, 1.165) is 26.1 Å². The summed E-state index contributed by atoms with van der Waals surface area (Å²) in [6.07, 6.45) is 2.31. The van der Waals surface area contributed by atoms with Gasteiger partial charge in [0.25, 0.3) is 0 Å². The first-order valence-corrected chi connectivity index (χ1v) is 5.90. The van der Waals surface area contributed by atoms with E-state index in [0.29, 0.717) is 5.92 Å². The van der Waals surface area contributed by atoms with Gasteiger partial charge in [0.15, 0.2) is 0 Å². The van der Waals surface area contributed by atoms with Crippen molar-refractivity contribution in [2.75, 3.05) is 13.2 Å². The van der Waals surface area contributed by atoms with Crippen LogP contribution in [0, 0.1) is 6.92 Å². The van der Waals surface area contributed by atoms with E-state index in [-0.39, 0.29) is 0 Å². The van der Waals surface area contributed by atoms with Gasteiger partial charge in [0.1, 0.15) is 0 Å². The molecule has 76 valence electrons. The summed E-state index contributed by atoms with van der Waals surface area (Å²) in [7, 11) is 0. The molecule has 1 heterocycles. The SMILES string of the molecule is Cc1ccc(Br)c(C2CCOCC2)c1. The lowest BCUT2D eigenvalue weighted by Gasteiger charge is -2.23. The van der Waals surface area contributed by atoms with Gasteiger partial charge in [-0.2, -0.15) is 0 Å². The van der Waals surface area contributed by atoms with Gasteiger partial charge in [0.05, 0.1) is 0 Å². The fourth-order valence-corrected chi connectivity index (χ4v) is 2.55. The Hall–Kier alpha value is -0.340. The third-order valence-electron chi connectivity index (χ3n) is 2.81. The van der Waals surface area contributed by atoms with Crippen LogP contribution in [0.25, 0.3) is 0 Å². The summed E-state index contributed by atoms with van der Waals surface area (Å²) in [4.78, 5) is 0. The zero-order valence-electron chi connectivity index (χ0n) is 8.42. The van der Waals surface area contributed by atoms with Crippen molar-refractivity contribution in [3.63, 3.8) is 0 Å². The Kier molecular flexibility index (Phi) is 3.24. The zero-order chi connectivity index (χ0) is 9.97. The molecular formula is C12H15BrO. The number of aryl methyl sites for hydroxylation is 1. The van der Waals surface area contributed by atoms with Crippen LogP contribution in [0.4, 0.5) is 0 Å². The second kappa shape index (κ2) is 4.45. The molecule has 1 fully saturated rings. The second-order valence-corrected chi connectivity index (χ2v) is 4.77. The fourth-order valence-electron chi connectivity index (χ4n) is 1.98. The summed E-state index contributed by atoms with van der Waals surface area (Å²) in [5, 5.41) is 0. The number of hydrogen-bond donors (Lipinski definition) is 0. The topological polar surface area (TPSA) is 9.23 Å². The van der Waals surface area contributed by atoms with Crippen molar-refractivity contribution in [2.45, 2.75) is 25.7 Å². The van der Waals surface area contributed by atoms with Crippen LogP contribution in [0.5, 0.6) is 0 Å². The second-order valence-electron chi connectivity index (χ2n) is 3.91. The fraction of sp³-hybridized carbons (Fsp3) is 0.500. The number of rotatable bonds is 1. The lowest BCUT2D eigenvalue weighted by atomic mass is 9.91. The molecular weight excluding hydrogens is 240 g/mol. The molecule has 2 rings (SSSR count). The molecule has 2 heteroatoms. The van der Waals surface area contributed by atoms with E-state index in [9.17, 15) is 0 Å². The molecule has 1 aromatic rings. The summed E-state index contributed by atoms with van der Waals surface area (Å²) in [5.74, 6) is 0.679. The van der Waals surface area contributed by atoms with Gasteiger partial charge in [-0.1, -0.05) is 33.6 Å². The first kappa shape index (κ1) is 10.2. The Morgan fingerprint density at radius 1 is 1.29 bits per heavy atom. The van der Waals surface area contributed by atoms with Crippen molar-refractivity contribution in [1.82, 2.24) is 0 Å². The first-order valence-electron chi connectivity index (χ1n) is 5.11. The molecule has 14 heavy (non-hydrogen) atoms. The minimum Gasteiger partial charge on any atom is -0.381 e. The maximum absolute atomic E-state index is 5.38. The van der Waals surface area contributed by atoms with Crippen LogP contribution < -0.4 is 0 Å². The van der Waals surface area contributed by atoms with Crippen molar-refractivity contribution in [1.29, 1.82) is 0 Å². The zero-order valence-corrected chi connectivity index (χ0v) is 10.0. The molecule has 0 amide bonds. The van der Waals surface area contributed by atoms with Crippen LogP contribution in [-0.2, 0) is 4.74 Å². The summed E-state index contributed by atoms with van der Waals surface area (Å²) in [6.45, 7) is 3.96. The van der Waals surface area contributed by atoms with Gasteiger partial charge < -0.3 is 4.74 Å². The molecule has 0 saturated carbocycles. The molecule has 0 spiro atoms. The molecule has 0 radical (unpaired) electrons. The van der Waals surface area contributed by atoms with E-state index >= 15 is 0 Å². The van der Waals surface area contributed by atoms with Crippen molar-refractivity contribution < 1.29 is 4.74 Å². The third-order valence-corrected chi connectivity index (χ3v) is 3.53. The monoisotopic (exact) mass is 254 g/mol. The van der Waals surface area contributed by atoms with Crippen LogP contribution in [0.1, 0.15) is 29.9 Å². The van der Waals surface area contributed by atoms with E-state index in [1.807, 2.05) is 0 Å². The molecule has 0 aromatic heterocycles. The van der Waals surface area contributed by atoms with Crippen molar-refractivity contribution in [2.24, 2.45) is 0 Å². The minimum atomic E-state index is 0.679. The Balaban J connectivity index is 2.24. The average Bonchev–Trinajstić information content (AvgIpc) is 2.23. The lowest BCUT2D eigenvalue weighted by molar-refractivity contribution is 0.0852. The van der Waals surface area contributed by atoms with Crippen molar-refractivity contribution >= 4 is 15.9 Å². The lowest BCUT2D eigenvalue weighted by Crippen LogP contribution is -2.14. The first-order chi connectivity index (χ1) is 6.77. The number of benzene rings is 1. The molecule has 0 aliphatic carbocycles. The highest BCUT2D eigenvalue weighted by Crippen LogP contribution is 2.32. The maximum atomic E-state index is 5.38. The number of hydrogen-bond acceptors (Lipinski definition) is 1. The summed E-state index contributed by atoms with van der Waals surface area (Å²) >= 11 is 3.63. The van der Waals surface area contributed by atoms with Gasteiger partial charge in [-0.3, -0.25) is 0 Å². The molecule has 0 unspecified atom stereocenters. The largest absolute Gasteiger partial charge is 0.381 e. The van der Waals surface area contributed by atoms with Gasteiger partial charge in [0, 0.05) is 17.7 Å². The normalized spacial score (nSPS) is 18.4. The van der Waals surface area contributed by atoms with Gasteiger partial charge in [-0.15, -0.1) is 0 Å². The Labute approximate surface area is 93.6 Å². The standard InChI is InChI=1S/C12H15BrO/c1-9-2-3-12(13)11(8-9)10-4-6-14-7-5-10/h2-3,8,10H,4-7H2,1H3. The van der Waals surface area contributed by atoms with Crippen LogP contribution in [0.15, 0.2) is 22.7 Å². The third kappa shape index (κ3) is 2.18. The van der Waals surface area contributed by atoms with Crippen LogP contribution >= 0.6 is 15.9 Å². The van der Waals surface area contributed by atoms with Crippen molar-refractivity contribution in [3.05, 3.63) is 33.8 Å². The quantitative estimate of drug-likeness (QED) is 0.744. The van der Waals surface area contributed by atoms with E-state index < -0.39 is 0 Å². The molecule has 1 aromatic carbocycles. The molecule has 1 saturated heterocycles. The maximum Gasteiger partial charge on any atom is 0.0471 e. The van der Waals surface area contributed by atoms with E-state index in [2.05, 4.69) is 41.1 Å². The molecule has 1 aliphatic rings. The van der Waals surface area contributed by atoms with Gasteiger partial charge in [0.2, 0.25) is 0 Å². The number of halogens is 1. The van der Waals surface area contributed by atoms with Crippen LogP contribution in [0.3, 0.4) is 0 Å². The highest BCUT2D eigenvalue weighted by atomic mass is 79.9. The summed E-state index contributed by atoms with van der Waals surface area (Å²) < 4.78 is 6.62. The molecule has 0 atom stereocenters. The van der Waals surface area contributed by atoms with E-state index in [4.69, 9.17) is 4.74 Å². The van der Waals surface area contributed by atoms with E-state index in [1.54, 1.807) is 0 Å². The smallest absolute Gasteiger partial charge is 0.0471 e. The van der Waals surface area contributed by atoms with Crippen LogP contribution in [-0.4, -0.2) is 13.2 Å². The number of ether oxygens (including phenoxy) is 1. The van der Waals surface area contributed by atoms with E-state index in [1.165, 1.54) is 15.6 Å². The summed E-state index contributed by atoms with van der Waals surface area (Å²) in [6, 6.07) is 6.59. The Morgan fingerprint density at radius 3 is 2.71 bits per heavy atom. The molecule has 1 nitrogen and oxygen atoms in total. The highest BCUT2D eigenvalue weighted by molar-refractivity contribution is 9.10. The minimum absolute atomic E-state index is 0.679. The Morgan fingerprint density at radius 2 is 2.00 bits per heavy atom. The molecule has 0 N–H and O–H groups in total. The van der Waals surface area contributed by atoms with Gasteiger partial charge >= 0.3 is 0 Å². The molecule has 0 bridgehead atoms. The molecule has 1 aliphatic heterocycles. The van der Waals surface area contributed by atoms with Crippen molar-refractivity contribution in [3.8, 4) is 0 Å². The average molecular weight is 255 g/mol. The van der Waals surface area contributed by atoms with Crippen LogP contribution in [0.2, 0.25) is 0 Å². The van der Waals surface area contributed by atoms with Gasteiger partial charge in [-0.25, -0.2) is 0 Å². The predicted molar refractivity (Wildman–Crippen MR) is 61.7 cm³/mol. The Bertz CT molecular complexity index is 316. The van der Waals surface area contributed by atoms with Gasteiger partial charge in [-0.05, 0) is 37.3 Å². The highest BCUT2D eigenvalue weighted by Gasteiger charge is 2.17.